The number of hydrogen-bond donors (Lipinski definition) is 1. The third-order valence-corrected chi connectivity index (χ3v) is 4.93. The molecule has 0 unspecified atom stereocenters. The van der Waals surface area contributed by atoms with E-state index in [2.05, 4.69) is 60.1 Å². The van der Waals surface area contributed by atoms with E-state index in [0.717, 1.165) is 11.1 Å². The number of nitrogens with zero attached hydrogens (tertiary/aromatic N) is 2. The minimum absolute atomic E-state index is 0.00524. The number of carbonyl (C=O) groups excluding carboxylic acids is 1. The van der Waals surface area contributed by atoms with Gasteiger partial charge >= 0.3 is 5.97 Å². The van der Waals surface area contributed by atoms with Gasteiger partial charge in [-0.15, -0.1) is 0 Å². The Bertz CT molecular complexity index is 1160. The minimum atomic E-state index is -0.687. The normalized spacial score (nSPS) is 13.2. The Labute approximate surface area is 185 Å². The van der Waals surface area contributed by atoms with Crippen molar-refractivity contribution in [3.63, 3.8) is 0 Å². The van der Waals surface area contributed by atoms with Gasteiger partial charge in [-0.25, -0.2) is 9.89 Å². The first-order chi connectivity index (χ1) is 15.4. The number of esters is 1. The molecule has 0 atom stereocenters. The summed E-state index contributed by atoms with van der Waals surface area (Å²) in [5.41, 5.74) is 3.45. The Balaban J connectivity index is 1.41. The maximum atomic E-state index is 12.4. The lowest BCUT2D eigenvalue weighted by Crippen LogP contribution is -2.10. The van der Waals surface area contributed by atoms with Crippen LogP contribution in [0.15, 0.2) is 72.6 Å². The second kappa shape index (κ2) is 8.97. The van der Waals surface area contributed by atoms with E-state index < -0.39 is 5.97 Å². The van der Waals surface area contributed by atoms with Crippen LogP contribution >= 0.6 is 0 Å². The number of nitrogens with one attached hydrogen (secondary N) is 1. The van der Waals surface area contributed by atoms with Gasteiger partial charge in [0.2, 0.25) is 5.69 Å². The van der Waals surface area contributed by atoms with Gasteiger partial charge in [-0.3, -0.25) is 0 Å². The van der Waals surface area contributed by atoms with Crippen LogP contribution in [0.5, 0.6) is 11.6 Å². The summed E-state index contributed by atoms with van der Waals surface area (Å²) in [5.74, 6) is 1.33. The molecule has 2 aromatic carbocycles. The van der Waals surface area contributed by atoms with E-state index in [1.807, 2.05) is 12.1 Å². The summed E-state index contributed by atoms with van der Waals surface area (Å²) in [6.07, 6.45) is 0. The predicted molar refractivity (Wildman–Crippen MR) is 117 cm³/mol. The highest BCUT2D eigenvalue weighted by Crippen LogP contribution is 2.28. The first kappa shape index (κ1) is 21.2. The van der Waals surface area contributed by atoms with E-state index in [4.69, 9.17) is 18.9 Å². The second-order valence-corrected chi connectivity index (χ2v) is 7.53. The Morgan fingerprint density at radius 2 is 1.72 bits per heavy atom. The van der Waals surface area contributed by atoms with Crippen molar-refractivity contribution in [2.24, 2.45) is 0 Å². The van der Waals surface area contributed by atoms with Gasteiger partial charge in [0, 0.05) is 0 Å². The van der Waals surface area contributed by atoms with Crippen molar-refractivity contribution >= 4 is 5.97 Å². The lowest BCUT2D eigenvalue weighted by Gasteiger charge is -2.08. The van der Waals surface area contributed by atoms with Gasteiger partial charge in [0.05, 0.1) is 0 Å². The molecule has 4 rings (SSSR count). The Morgan fingerprint density at radius 1 is 1.06 bits per heavy atom. The molecular weight excluding hydrogens is 410 g/mol. The second-order valence-electron chi connectivity index (χ2n) is 7.53. The molecule has 0 spiro atoms. The molecule has 0 bridgehead atoms. The first-order valence-corrected chi connectivity index (χ1v) is 10.1. The summed E-state index contributed by atoms with van der Waals surface area (Å²) in [7, 11) is 0. The number of allylic oxidation sites excluding steroid dienone is 1. The zero-order valence-corrected chi connectivity index (χ0v) is 18.0. The molecule has 0 saturated heterocycles. The number of benzene rings is 2. The maximum Gasteiger partial charge on any atom is 0.362 e. The number of hydrogen-bond acceptors (Lipinski definition) is 7. The molecule has 164 valence electrons. The molecule has 8 nitrogen and oxygen atoms in total. The molecule has 0 aliphatic carbocycles. The lowest BCUT2D eigenvalue weighted by molar-refractivity contribution is 0.0477. The van der Waals surface area contributed by atoms with Crippen LogP contribution in [0.4, 0.5) is 0 Å². The van der Waals surface area contributed by atoms with Crippen LogP contribution in [-0.2, 0) is 14.2 Å². The van der Waals surface area contributed by atoms with Crippen LogP contribution in [0.1, 0.15) is 42.7 Å². The first-order valence-electron chi connectivity index (χ1n) is 10.1. The number of H-pyrrole nitrogens is 1. The highest BCUT2D eigenvalue weighted by atomic mass is 16.7. The van der Waals surface area contributed by atoms with Gasteiger partial charge in [0.1, 0.15) is 11.5 Å². The van der Waals surface area contributed by atoms with Crippen molar-refractivity contribution in [3.05, 3.63) is 83.8 Å². The van der Waals surface area contributed by atoms with E-state index in [0.29, 0.717) is 23.2 Å². The van der Waals surface area contributed by atoms with Gasteiger partial charge in [-0.1, -0.05) is 60.6 Å². The molecule has 2 heterocycles. The van der Waals surface area contributed by atoms with Crippen LogP contribution in [-0.4, -0.2) is 28.0 Å². The largest absolute Gasteiger partial charge is 0.452 e. The fourth-order valence-corrected chi connectivity index (χ4v) is 3.10. The minimum Gasteiger partial charge on any atom is -0.452 e. The van der Waals surface area contributed by atoms with Crippen LogP contribution < -0.4 is 4.74 Å². The molecular formula is C24H23N3O5. The number of aromatic nitrogens is 3. The van der Waals surface area contributed by atoms with Gasteiger partial charge < -0.3 is 18.9 Å². The van der Waals surface area contributed by atoms with Gasteiger partial charge in [-0.2, -0.15) is 0 Å². The van der Waals surface area contributed by atoms with Crippen molar-refractivity contribution < 1.29 is 23.7 Å². The highest BCUT2D eigenvalue weighted by Gasteiger charge is 2.23. The van der Waals surface area contributed by atoms with Crippen molar-refractivity contribution in [1.29, 1.82) is 0 Å². The molecule has 0 fully saturated rings. The van der Waals surface area contributed by atoms with Gasteiger partial charge in [0.25, 0.3) is 11.8 Å². The fourth-order valence-electron chi connectivity index (χ4n) is 3.10. The topological polar surface area (TPSA) is 95.6 Å². The van der Waals surface area contributed by atoms with Crippen molar-refractivity contribution in [1.82, 2.24) is 15.4 Å². The Kier molecular flexibility index (Phi) is 5.93. The standard InChI is InChI=1S/C24H23N3O5/c1-14(2)17-5-7-18(8-6-17)19-9-11-20(12-10-19)32-23-22(25-27-26-23)24(28)29-13-21-15(3)30-16(4)31-21/h5-12,14H,4,13H2,1-3H3,(H,25,26,27). The monoisotopic (exact) mass is 433 g/mol. The maximum absolute atomic E-state index is 12.4. The number of rotatable bonds is 7. The molecule has 1 N–H and O–H groups in total. The average molecular weight is 433 g/mol. The Hall–Kier alpha value is -4.07. The molecule has 1 aliphatic heterocycles. The zero-order valence-electron chi connectivity index (χ0n) is 18.0. The molecule has 8 heteroatoms. The van der Waals surface area contributed by atoms with E-state index in [1.165, 1.54) is 5.56 Å². The van der Waals surface area contributed by atoms with Gasteiger partial charge in [-0.05, 0) is 48.2 Å². The highest BCUT2D eigenvalue weighted by molar-refractivity contribution is 5.89. The fraction of sp³-hybridized carbons (Fsp3) is 0.208. The van der Waals surface area contributed by atoms with E-state index in [9.17, 15) is 4.79 Å². The smallest absolute Gasteiger partial charge is 0.362 e. The SMILES string of the molecule is C=C1OC(C)=C(COC(=O)c2[nH]nnc2Oc2ccc(-c3ccc(C(C)C)cc3)cc2)O1. The quantitative estimate of drug-likeness (QED) is 0.506. The molecule has 3 aromatic rings. The van der Waals surface area contributed by atoms with Gasteiger partial charge in [0.15, 0.2) is 12.4 Å². The van der Waals surface area contributed by atoms with Crippen molar-refractivity contribution in [2.75, 3.05) is 6.61 Å². The van der Waals surface area contributed by atoms with Crippen LogP contribution in [0.25, 0.3) is 11.1 Å². The summed E-state index contributed by atoms with van der Waals surface area (Å²) in [5, 5.41) is 9.99. The molecule has 0 saturated carbocycles. The lowest BCUT2D eigenvalue weighted by atomic mass is 9.99. The summed E-state index contributed by atoms with van der Waals surface area (Å²) in [6.45, 7) is 9.46. The summed E-state index contributed by atoms with van der Waals surface area (Å²) >= 11 is 0. The molecule has 0 radical (unpaired) electrons. The molecule has 1 aliphatic rings. The molecule has 1 aromatic heterocycles. The third-order valence-electron chi connectivity index (χ3n) is 4.93. The van der Waals surface area contributed by atoms with Crippen molar-refractivity contribution in [3.8, 4) is 22.8 Å². The summed E-state index contributed by atoms with van der Waals surface area (Å²) in [6, 6.07) is 16.0. The van der Waals surface area contributed by atoms with E-state index in [1.54, 1.807) is 19.1 Å². The van der Waals surface area contributed by atoms with Crippen LogP contribution in [0.2, 0.25) is 0 Å². The van der Waals surface area contributed by atoms with E-state index in [-0.39, 0.29) is 24.1 Å². The summed E-state index contributed by atoms with van der Waals surface area (Å²) < 4.78 is 21.4. The van der Waals surface area contributed by atoms with Crippen molar-refractivity contribution in [2.45, 2.75) is 26.7 Å². The van der Waals surface area contributed by atoms with E-state index >= 15 is 0 Å². The number of aromatic amines is 1. The molecule has 32 heavy (non-hydrogen) atoms. The third kappa shape index (κ3) is 4.64. The summed E-state index contributed by atoms with van der Waals surface area (Å²) in [4.78, 5) is 12.4. The molecule has 0 amide bonds. The zero-order chi connectivity index (χ0) is 22.7. The number of carbonyl (C=O) groups is 1. The predicted octanol–water partition coefficient (Wildman–Crippen LogP) is 5.29. The Morgan fingerprint density at radius 3 is 2.31 bits per heavy atom. The average Bonchev–Trinajstić information content (AvgIpc) is 3.38. The van der Waals surface area contributed by atoms with Crippen LogP contribution in [0, 0.1) is 0 Å². The number of ether oxygens (including phenoxy) is 4. The van der Waals surface area contributed by atoms with Crippen LogP contribution in [0.3, 0.4) is 0 Å².